The first-order valence-corrected chi connectivity index (χ1v) is 9.84. The fourth-order valence-corrected chi connectivity index (χ4v) is 4.35. The number of rotatable bonds is 0. The summed E-state index contributed by atoms with van der Waals surface area (Å²) in [5.74, 6) is 0. The van der Waals surface area contributed by atoms with Crippen molar-refractivity contribution in [2.24, 2.45) is 9.98 Å². The Hall–Kier alpha value is -3.24. The molecule has 2 aromatic rings. The molecule has 4 aliphatic rings. The van der Waals surface area contributed by atoms with Crippen LogP contribution in [-0.4, -0.2) is 28.5 Å². The molecule has 1 aromatic carbocycles. The van der Waals surface area contributed by atoms with E-state index < -0.39 is 0 Å². The first-order chi connectivity index (χ1) is 13.8. The SMILES string of the molecule is C1=C/C2=C/C3CCC(/C=C4N=C(/C=c5/cc/c([nH]5)=C/C1=N2)c1ccccc1\4)N3. The fourth-order valence-electron chi connectivity index (χ4n) is 4.35. The Morgan fingerprint density at radius 2 is 1.57 bits per heavy atom. The highest BCUT2D eigenvalue weighted by molar-refractivity contribution is 6.26. The van der Waals surface area contributed by atoms with Crippen molar-refractivity contribution in [1.82, 2.24) is 10.3 Å². The topological polar surface area (TPSA) is 52.5 Å². The molecule has 0 saturated carbocycles. The second-order valence-corrected chi connectivity index (χ2v) is 7.67. The number of H-pyrrole nitrogens is 1. The third kappa shape index (κ3) is 2.74. The number of aliphatic imine (C=N–C) groups is 2. The summed E-state index contributed by atoms with van der Waals surface area (Å²) >= 11 is 0. The third-order valence-electron chi connectivity index (χ3n) is 5.68. The highest BCUT2D eigenvalue weighted by Crippen LogP contribution is 2.31. The molecular weight excluding hydrogens is 344 g/mol. The van der Waals surface area contributed by atoms with Gasteiger partial charge in [0.25, 0.3) is 0 Å². The Morgan fingerprint density at radius 3 is 2.46 bits per heavy atom. The van der Waals surface area contributed by atoms with Crippen LogP contribution in [0.5, 0.6) is 0 Å². The average molecular weight is 364 g/mol. The smallest absolute Gasteiger partial charge is 0.0736 e. The van der Waals surface area contributed by atoms with Crippen LogP contribution in [0.1, 0.15) is 24.0 Å². The zero-order chi connectivity index (χ0) is 18.5. The molecule has 4 aliphatic heterocycles. The third-order valence-corrected chi connectivity index (χ3v) is 5.68. The lowest BCUT2D eigenvalue weighted by atomic mass is 10.0. The van der Waals surface area contributed by atoms with E-state index in [0.29, 0.717) is 12.1 Å². The van der Waals surface area contributed by atoms with Crippen molar-refractivity contribution < 1.29 is 0 Å². The van der Waals surface area contributed by atoms with Crippen LogP contribution in [0.15, 0.2) is 76.4 Å². The minimum Gasteiger partial charge on any atom is -0.355 e. The first-order valence-electron chi connectivity index (χ1n) is 9.84. The summed E-state index contributed by atoms with van der Waals surface area (Å²) in [5, 5.41) is 5.81. The van der Waals surface area contributed by atoms with E-state index in [4.69, 9.17) is 9.98 Å². The van der Waals surface area contributed by atoms with Crippen LogP contribution in [0.25, 0.3) is 17.8 Å². The van der Waals surface area contributed by atoms with Crippen molar-refractivity contribution in [3.63, 3.8) is 0 Å². The maximum Gasteiger partial charge on any atom is 0.0736 e. The zero-order valence-corrected chi connectivity index (χ0v) is 15.4. The van der Waals surface area contributed by atoms with Crippen molar-refractivity contribution in [2.75, 3.05) is 0 Å². The number of nitrogens with zero attached hydrogens (tertiary/aromatic N) is 2. The quantitative estimate of drug-likeness (QED) is 0.741. The molecule has 0 spiro atoms. The number of hydrogen-bond acceptors (Lipinski definition) is 3. The lowest BCUT2D eigenvalue weighted by Crippen LogP contribution is -2.26. The molecule has 1 saturated heterocycles. The lowest BCUT2D eigenvalue weighted by molar-refractivity contribution is 0.669. The normalized spacial score (nSPS) is 30.7. The van der Waals surface area contributed by atoms with Gasteiger partial charge in [-0.1, -0.05) is 24.3 Å². The molecule has 2 atom stereocenters. The number of aromatic amines is 1. The van der Waals surface area contributed by atoms with Gasteiger partial charge in [-0.3, -0.25) is 0 Å². The Bertz CT molecular complexity index is 1250. The van der Waals surface area contributed by atoms with E-state index in [-0.39, 0.29) is 0 Å². The molecule has 1 fully saturated rings. The summed E-state index contributed by atoms with van der Waals surface area (Å²) in [6.45, 7) is 0. The van der Waals surface area contributed by atoms with Gasteiger partial charge in [0, 0.05) is 33.9 Å². The van der Waals surface area contributed by atoms with Crippen LogP contribution in [-0.2, 0) is 0 Å². The monoisotopic (exact) mass is 364 g/mol. The van der Waals surface area contributed by atoms with Crippen molar-refractivity contribution in [2.45, 2.75) is 24.9 Å². The number of allylic oxidation sites excluding steroid dienone is 2. The molecule has 1 aromatic heterocycles. The fraction of sp³-hybridized carbons (Fsp3) is 0.167. The summed E-state index contributed by atoms with van der Waals surface area (Å²) in [7, 11) is 0. The van der Waals surface area contributed by atoms with Crippen molar-refractivity contribution >= 4 is 29.3 Å². The van der Waals surface area contributed by atoms with E-state index >= 15 is 0 Å². The standard InChI is InChI=1S/C24H20N4/c1-2-4-22-21(3-1)23-13-19-9-7-17(26-19)11-15-5-6-16(25-15)12-18-8-10-20(27-18)14-24(22)28-23/h1-7,9,11-14,18,20,26-27H,8,10H2/b16-12-,17-11-,19-13-,24-14-. The van der Waals surface area contributed by atoms with Crippen LogP contribution in [0, 0.1) is 0 Å². The second kappa shape index (κ2) is 6.14. The summed E-state index contributed by atoms with van der Waals surface area (Å²) in [4.78, 5) is 13.2. The molecular formula is C24H20N4. The Morgan fingerprint density at radius 1 is 0.786 bits per heavy atom. The van der Waals surface area contributed by atoms with Gasteiger partial charge >= 0.3 is 0 Å². The van der Waals surface area contributed by atoms with Gasteiger partial charge in [-0.15, -0.1) is 0 Å². The number of hydrogen-bond donors (Lipinski definition) is 2. The molecule has 6 rings (SSSR count). The average Bonchev–Trinajstić information content (AvgIpc) is 3.47. The van der Waals surface area contributed by atoms with Gasteiger partial charge in [0.15, 0.2) is 0 Å². The lowest BCUT2D eigenvalue weighted by Gasteiger charge is -2.09. The Balaban J connectivity index is 1.55. The van der Waals surface area contributed by atoms with Gasteiger partial charge in [-0.05, 0) is 61.4 Å². The first kappa shape index (κ1) is 15.8. The van der Waals surface area contributed by atoms with E-state index in [0.717, 1.165) is 46.4 Å². The van der Waals surface area contributed by atoms with Crippen LogP contribution in [0.4, 0.5) is 0 Å². The van der Waals surface area contributed by atoms with E-state index in [1.807, 2.05) is 0 Å². The number of benzene rings is 1. The molecule has 28 heavy (non-hydrogen) atoms. The van der Waals surface area contributed by atoms with Crippen LogP contribution >= 0.6 is 0 Å². The Kier molecular flexibility index (Phi) is 3.46. The van der Waals surface area contributed by atoms with Gasteiger partial charge in [-0.25, -0.2) is 9.98 Å². The van der Waals surface area contributed by atoms with Crippen molar-refractivity contribution in [1.29, 1.82) is 0 Å². The van der Waals surface area contributed by atoms with Crippen LogP contribution in [0.2, 0.25) is 0 Å². The van der Waals surface area contributed by atoms with E-state index in [1.165, 1.54) is 11.1 Å². The second-order valence-electron chi connectivity index (χ2n) is 7.67. The van der Waals surface area contributed by atoms with Gasteiger partial charge in [0.2, 0.25) is 0 Å². The summed E-state index contributed by atoms with van der Waals surface area (Å²) in [6, 6.07) is 13.4. The minimum atomic E-state index is 0.332. The van der Waals surface area contributed by atoms with Gasteiger partial charge in [0.1, 0.15) is 0 Å². The minimum absolute atomic E-state index is 0.332. The van der Waals surface area contributed by atoms with E-state index in [2.05, 4.69) is 83.2 Å². The number of nitrogens with one attached hydrogen (secondary N) is 2. The van der Waals surface area contributed by atoms with Crippen molar-refractivity contribution in [3.05, 3.63) is 88.2 Å². The molecule has 0 radical (unpaired) electrons. The predicted octanol–water partition coefficient (Wildman–Crippen LogP) is 2.45. The highest BCUT2D eigenvalue weighted by atomic mass is 15.0. The van der Waals surface area contributed by atoms with E-state index in [9.17, 15) is 0 Å². The predicted molar refractivity (Wildman–Crippen MR) is 115 cm³/mol. The molecule has 4 heteroatoms. The largest absolute Gasteiger partial charge is 0.355 e. The molecule has 2 unspecified atom stereocenters. The summed E-state index contributed by atoms with van der Waals surface area (Å²) in [5.41, 5.74) is 6.51. The van der Waals surface area contributed by atoms with Gasteiger partial charge in [0.05, 0.1) is 22.8 Å². The van der Waals surface area contributed by atoms with Crippen LogP contribution in [0.3, 0.4) is 0 Å². The summed E-state index contributed by atoms with van der Waals surface area (Å²) in [6.07, 6.45) is 15.1. The molecule has 2 N–H and O–H groups in total. The van der Waals surface area contributed by atoms with E-state index in [1.54, 1.807) is 0 Å². The Labute approximate surface area is 163 Å². The number of aromatic nitrogens is 1. The zero-order valence-electron chi connectivity index (χ0n) is 15.4. The molecule has 5 heterocycles. The van der Waals surface area contributed by atoms with Crippen LogP contribution < -0.4 is 16.0 Å². The molecule has 4 nitrogen and oxygen atoms in total. The molecule has 136 valence electrons. The van der Waals surface area contributed by atoms with Crippen molar-refractivity contribution in [3.8, 4) is 0 Å². The highest BCUT2D eigenvalue weighted by Gasteiger charge is 2.24. The number of fused-ring (bicyclic) bond motifs is 9. The van der Waals surface area contributed by atoms with Gasteiger partial charge < -0.3 is 10.3 Å². The molecule has 0 amide bonds. The van der Waals surface area contributed by atoms with Gasteiger partial charge in [-0.2, -0.15) is 0 Å². The molecule has 8 bridgehead atoms. The maximum atomic E-state index is 4.98. The molecule has 0 aliphatic carbocycles. The summed E-state index contributed by atoms with van der Waals surface area (Å²) < 4.78 is 0. The maximum absolute atomic E-state index is 4.98.